The molecule has 0 spiro atoms. The minimum Gasteiger partial charge on any atom is -0.241 e. The third-order valence-corrected chi connectivity index (χ3v) is 3.21. The van der Waals surface area contributed by atoms with Gasteiger partial charge in [0.1, 0.15) is 0 Å². The van der Waals surface area contributed by atoms with Crippen LogP contribution in [0.2, 0.25) is 0 Å². The third-order valence-electron chi connectivity index (χ3n) is 2.30. The van der Waals surface area contributed by atoms with Crippen molar-refractivity contribution in [3.05, 3.63) is 40.7 Å². The number of aromatic nitrogens is 1. The third kappa shape index (κ3) is 2.68. The molecule has 0 aliphatic carbocycles. The van der Waals surface area contributed by atoms with Crippen LogP contribution in [0.25, 0.3) is 11.3 Å². The van der Waals surface area contributed by atoms with Crippen LogP contribution in [0.15, 0.2) is 35.7 Å². The maximum absolute atomic E-state index is 8.46. The van der Waals surface area contributed by atoms with Crippen molar-refractivity contribution >= 4 is 11.3 Å². The lowest BCUT2D eigenvalue weighted by Gasteiger charge is -1.94. The highest BCUT2D eigenvalue weighted by Crippen LogP contribution is 2.22. The zero-order valence-electron chi connectivity index (χ0n) is 8.89. The normalized spacial score (nSPS) is 9.94. The van der Waals surface area contributed by atoms with Crippen molar-refractivity contribution in [2.45, 2.75) is 19.3 Å². The fourth-order valence-corrected chi connectivity index (χ4v) is 2.34. The molecule has 80 valence electrons. The predicted octanol–water partition coefficient (Wildman–Crippen LogP) is 3.66. The molecule has 0 fully saturated rings. The van der Waals surface area contributed by atoms with Crippen LogP contribution >= 0.6 is 11.3 Å². The van der Waals surface area contributed by atoms with E-state index in [1.54, 1.807) is 11.3 Å². The number of thiazole rings is 1. The molecular formula is C13H12N2S. The molecule has 0 saturated carbocycles. The SMILES string of the molecule is N#CCCCc1nc(-c2ccccc2)cs1. The molecule has 0 saturated heterocycles. The predicted molar refractivity (Wildman–Crippen MR) is 66.1 cm³/mol. The number of benzene rings is 1. The minimum absolute atomic E-state index is 0.611. The summed E-state index contributed by atoms with van der Waals surface area (Å²) in [6, 6.07) is 12.3. The van der Waals surface area contributed by atoms with Crippen molar-refractivity contribution in [3.8, 4) is 17.3 Å². The van der Waals surface area contributed by atoms with E-state index in [4.69, 9.17) is 5.26 Å². The van der Waals surface area contributed by atoms with E-state index in [1.165, 1.54) is 0 Å². The maximum Gasteiger partial charge on any atom is 0.0932 e. The first-order valence-electron chi connectivity index (χ1n) is 5.27. The van der Waals surface area contributed by atoms with Crippen molar-refractivity contribution < 1.29 is 0 Å². The van der Waals surface area contributed by atoms with Gasteiger partial charge in [-0.05, 0) is 6.42 Å². The van der Waals surface area contributed by atoms with Crippen LogP contribution in [-0.4, -0.2) is 4.98 Å². The number of hydrogen-bond donors (Lipinski definition) is 0. The second-order valence-corrected chi connectivity index (χ2v) is 4.45. The van der Waals surface area contributed by atoms with E-state index >= 15 is 0 Å². The van der Waals surface area contributed by atoms with Gasteiger partial charge in [-0.3, -0.25) is 0 Å². The van der Waals surface area contributed by atoms with Gasteiger partial charge in [0.05, 0.1) is 16.8 Å². The number of rotatable bonds is 4. The molecule has 2 rings (SSSR count). The minimum atomic E-state index is 0.611. The van der Waals surface area contributed by atoms with Gasteiger partial charge in [-0.2, -0.15) is 5.26 Å². The van der Waals surface area contributed by atoms with Gasteiger partial charge in [-0.25, -0.2) is 4.98 Å². The average Bonchev–Trinajstić information content (AvgIpc) is 2.79. The van der Waals surface area contributed by atoms with Crippen LogP contribution in [0, 0.1) is 11.3 Å². The molecule has 2 aromatic rings. The van der Waals surface area contributed by atoms with Crippen LogP contribution in [0.4, 0.5) is 0 Å². The molecule has 0 aliphatic heterocycles. The second-order valence-electron chi connectivity index (χ2n) is 3.50. The maximum atomic E-state index is 8.46. The first-order chi connectivity index (χ1) is 7.90. The Hall–Kier alpha value is -1.66. The fraction of sp³-hybridized carbons (Fsp3) is 0.231. The summed E-state index contributed by atoms with van der Waals surface area (Å²) in [7, 11) is 0. The Morgan fingerprint density at radius 1 is 1.25 bits per heavy atom. The Morgan fingerprint density at radius 3 is 2.81 bits per heavy atom. The molecule has 3 heteroatoms. The topological polar surface area (TPSA) is 36.7 Å². The lowest BCUT2D eigenvalue weighted by atomic mass is 10.2. The van der Waals surface area contributed by atoms with Gasteiger partial charge < -0.3 is 0 Å². The van der Waals surface area contributed by atoms with Gasteiger partial charge in [-0.15, -0.1) is 11.3 Å². The Bertz CT molecular complexity index is 482. The Balaban J connectivity index is 2.06. The number of nitriles is 1. The summed E-state index contributed by atoms with van der Waals surface area (Å²) in [4.78, 5) is 4.56. The lowest BCUT2D eigenvalue weighted by Crippen LogP contribution is -1.84. The molecule has 0 unspecified atom stereocenters. The van der Waals surface area contributed by atoms with Gasteiger partial charge in [0.2, 0.25) is 0 Å². The molecule has 0 aliphatic rings. The highest BCUT2D eigenvalue weighted by molar-refractivity contribution is 7.09. The van der Waals surface area contributed by atoms with Gasteiger partial charge in [0.25, 0.3) is 0 Å². The largest absolute Gasteiger partial charge is 0.241 e. The van der Waals surface area contributed by atoms with E-state index in [0.29, 0.717) is 6.42 Å². The van der Waals surface area contributed by atoms with Crippen LogP contribution in [-0.2, 0) is 6.42 Å². The summed E-state index contributed by atoms with van der Waals surface area (Å²) >= 11 is 1.67. The van der Waals surface area contributed by atoms with E-state index in [0.717, 1.165) is 29.1 Å². The summed E-state index contributed by atoms with van der Waals surface area (Å²) in [6.45, 7) is 0. The van der Waals surface area contributed by atoms with E-state index in [-0.39, 0.29) is 0 Å². The lowest BCUT2D eigenvalue weighted by molar-refractivity contribution is 0.843. The highest BCUT2D eigenvalue weighted by Gasteiger charge is 2.03. The molecule has 16 heavy (non-hydrogen) atoms. The van der Waals surface area contributed by atoms with Crippen LogP contribution in [0.1, 0.15) is 17.8 Å². The average molecular weight is 228 g/mol. The summed E-state index contributed by atoms with van der Waals surface area (Å²) in [5.74, 6) is 0. The molecule has 1 aromatic carbocycles. The molecule has 1 heterocycles. The van der Waals surface area contributed by atoms with Gasteiger partial charge >= 0.3 is 0 Å². The molecule has 0 amide bonds. The monoisotopic (exact) mass is 228 g/mol. The number of aryl methyl sites for hydroxylation is 1. The quantitative estimate of drug-likeness (QED) is 0.749. The first-order valence-corrected chi connectivity index (χ1v) is 6.15. The van der Waals surface area contributed by atoms with Crippen molar-refractivity contribution in [2.24, 2.45) is 0 Å². The zero-order valence-corrected chi connectivity index (χ0v) is 9.70. The van der Waals surface area contributed by atoms with Gasteiger partial charge in [0, 0.05) is 23.8 Å². The van der Waals surface area contributed by atoms with Crippen molar-refractivity contribution in [3.63, 3.8) is 0 Å². The number of unbranched alkanes of at least 4 members (excludes halogenated alkanes) is 1. The fourth-order valence-electron chi connectivity index (χ4n) is 1.49. The van der Waals surface area contributed by atoms with Crippen LogP contribution in [0.5, 0.6) is 0 Å². The van der Waals surface area contributed by atoms with E-state index in [2.05, 4.69) is 28.6 Å². The summed E-state index contributed by atoms with van der Waals surface area (Å²) in [5, 5.41) is 11.7. The molecular weight excluding hydrogens is 216 g/mol. The van der Waals surface area contributed by atoms with E-state index < -0.39 is 0 Å². The van der Waals surface area contributed by atoms with Gasteiger partial charge in [0.15, 0.2) is 0 Å². The number of hydrogen-bond acceptors (Lipinski definition) is 3. The molecule has 0 N–H and O–H groups in total. The zero-order chi connectivity index (χ0) is 11.2. The highest BCUT2D eigenvalue weighted by atomic mass is 32.1. The Morgan fingerprint density at radius 2 is 2.06 bits per heavy atom. The summed E-state index contributed by atoms with van der Waals surface area (Å²) in [5.41, 5.74) is 2.20. The van der Waals surface area contributed by atoms with Crippen molar-refractivity contribution in [1.29, 1.82) is 5.26 Å². The molecule has 0 atom stereocenters. The van der Waals surface area contributed by atoms with Crippen molar-refractivity contribution in [2.75, 3.05) is 0 Å². The molecule has 0 bridgehead atoms. The summed E-state index contributed by atoms with van der Waals surface area (Å²) in [6.07, 6.45) is 2.42. The van der Waals surface area contributed by atoms with Gasteiger partial charge in [-0.1, -0.05) is 30.3 Å². The standard InChI is InChI=1S/C13H12N2S/c14-9-5-4-8-13-15-12(10-16-13)11-6-2-1-3-7-11/h1-3,6-7,10H,4-5,8H2. The molecule has 0 radical (unpaired) electrons. The Kier molecular flexibility index (Phi) is 3.68. The smallest absolute Gasteiger partial charge is 0.0932 e. The number of nitrogens with zero attached hydrogens (tertiary/aromatic N) is 2. The Labute approximate surface area is 99.2 Å². The first kappa shape index (κ1) is 10.8. The van der Waals surface area contributed by atoms with Crippen molar-refractivity contribution in [1.82, 2.24) is 4.98 Å². The molecule has 2 nitrogen and oxygen atoms in total. The summed E-state index contributed by atoms with van der Waals surface area (Å²) < 4.78 is 0. The van der Waals surface area contributed by atoms with E-state index in [9.17, 15) is 0 Å². The second kappa shape index (κ2) is 5.43. The van der Waals surface area contributed by atoms with Crippen LogP contribution < -0.4 is 0 Å². The van der Waals surface area contributed by atoms with Crippen LogP contribution in [0.3, 0.4) is 0 Å². The van der Waals surface area contributed by atoms with E-state index in [1.807, 2.05) is 18.2 Å². The molecule has 1 aromatic heterocycles.